The van der Waals surface area contributed by atoms with Gasteiger partial charge in [-0.1, -0.05) is 49.8 Å². The van der Waals surface area contributed by atoms with E-state index < -0.39 is 23.8 Å². The van der Waals surface area contributed by atoms with Crippen LogP contribution < -0.4 is 4.74 Å². The van der Waals surface area contributed by atoms with Gasteiger partial charge in [0.2, 0.25) is 0 Å². The first kappa shape index (κ1) is 19.7. The minimum absolute atomic E-state index is 0.0470. The molecule has 138 valence electrons. The number of rotatable bonds is 6. The van der Waals surface area contributed by atoms with Gasteiger partial charge in [0.05, 0.1) is 0 Å². The fourth-order valence-corrected chi connectivity index (χ4v) is 2.18. The van der Waals surface area contributed by atoms with Crippen molar-refractivity contribution in [3.8, 4) is 5.75 Å². The van der Waals surface area contributed by atoms with Crippen molar-refractivity contribution in [1.82, 2.24) is 0 Å². The maximum atomic E-state index is 14.3. The van der Waals surface area contributed by atoms with E-state index in [-0.39, 0.29) is 11.1 Å². The highest BCUT2D eigenvalue weighted by atomic mass is 19.4. The lowest BCUT2D eigenvalue weighted by molar-refractivity contribution is -0.274. The average Bonchev–Trinajstić information content (AvgIpc) is 2.61. The van der Waals surface area contributed by atoms with Gasteiger partial charge in [0.1, 0.15) is 5.75 Å². The molecule has 2 aromatic carbocycles. The molecule has 26 heavy (non-hydrogen) atoms. The predicted molar refractivity (Wildman–Crippen MR) is 92.5 cm³/mol. The van der Waals surface area contributed by atoms with Gasteiger partial charge in [-0.15, -0.1) is 13.2 Å². The van der Waals surface area contributed by atoms with Crippen molar-refractivity contribution in [2.75, 3.05) is 0 Å². The highest BCUT2D eigenvalue weighted by Gasteiger charge is 2.31. The molecule has 0 aliphatic heterocycles. The van der Waals surface area contributed by atoms with Gasteiger partial charge in [-0.25, -0.2) is 8.78 Å². The third-order valence-electron chi connectivity index (χ3n) is 3.46. The van der Waals surface area contributed by atoms with E-state index >= 15 is 0 Å². The van der Waals surface area contributed by atoms with Crippen molar-refractivity contribution in [2.24, 2.45) is 0 Å². The Bertz CT molecular complexity index is 771. The SMILES string of the molecule is CCC/C=C/c1ccc(/C(F)=C(/F)c2ccc(OC(F)(F)F)cc2)cc1. The van der Waals surface area contributed by atoms with Crippen LogP contribution in [0.2, 0.25) is 0 Å². The van der Waals surface area contributed by atoms with Crippen LogP contribution in [-0.2, 0) is 0 Å². The van der Waals surface area contributed by atoms with Crippen LogP contribution in [0.3, 0.4) is 0 Å². The van der Waals surface area contributed by atoms with E-state index in [2.05, 4.69) is 11.7 Å². The smallest absolute Gasteiger partial charge is 0.406 e. The van der Waals surface area contributed by atoms with Crippen LogP contribution in [0, 0.1) is 0 Å². The van der Waals surface area contributed by atoms with Gasteiger partial charge in [-0.3, -0.25) is 0 Å². The monoisotopic (exact) mass is 368 g/mol. The number of hydrogen-bond donors (Lipinski definition) is 0. The van der Waals surface area contributed by atoms with Crippen LogP contribution in [0.15, 0.2) is 54.6 Å². The van der Waals surface area contributed by atoms with E-state index in [1.165, 1.54) is 12.1 Å². The summed E-state index contributed by atoms with van der Waals surface area (Å²) >= 11 is 0. The molecule has 0 spiro atoms. The number of benzene rings is 2. The van der Waals surface area contributed by atoms with E-state index in [4.69, 9.17) is 0 Å². The van der Waals surface area contributed by atoms with E-state index in [1.54, 1.807) is 12.1 Å². The molecule has 0 atom stereocenters. The zero-order valence-corrected chi connectivity index (χ0v) is 14.0. The average molecular weight is 368 g/mol. The molecule has 0 fully saturated rings. The summed E-state index contributed by atoms with van der Waals surface area (Å²) in [5.74, 6) is -2.74. The molecule has 0 saturated heterocycles. The third-order valence-corrected chi connectivity index (χ3v) is 3.46. The van der Waals surface area contributed by atoms with Crippen molar-refractivity contribution in [2.45, 2.75) is 26.1 Å². The molecule has 0 saturated carbocycles. The molecular weight excluding hydrogens is 351 g/mol. The van der Waals surface area contributed by atoms with Crippen molar-refractivity contribution < 1.29 is 26.7 Å². The molecule has 6 heteroatoms. The lowest BCUT2D eigenvalue weighted by Crippen LogP contribution is -2.16. The summed E-state index contributed by atoms with van der Waals surface area (Å²) in [4.78, 5) is 0. The number of unbranched alkanes of at least 4 members (excludes halogenated alkanes) is 1. The Hall–Kier alpha value is -2.63. The molecule has 0 amide bonds. The van der Waals surface area contributed by atoms with E-state index in [0.717, 1.165) is 42.7 Å². The molecule has 2 aromatic rings. The zero-order chi connectivity index (χ0) is 19.2. The minimum Gasteiger partial charge on any atom is -0.406 e. The maximum Gasteiger partial charge on any atom is 0.573 e. The summed E-state index contributed by atoms with van der Waals surface area (Å²) in [5, 5.41) is 0. The minimum atomic E-state index is -4.84. The summed E-state index contributed by atoms with van der Waals surface area (Å²) in [7, 11) is 0. The highest BCUT2D eigenvalue weighted by Crippen LogP contribution is 2.31. The van der Waals surface area contributed by atoms with Crippen LogP contribution >= 0.6 is 0 Å². The fraction of sp³-hybridized carbons (Fsp3) is 0.200. The number of allylic oxidation sites excluding steroid dienone is 1. The first-order chi connectivity index (χ1) is 12.3. The molecule has 0 aromatic heterocycles. The van der Waals surface area contributed by atoms with E-state index in [9.17, 15) is 22.0 Å². The van der Waals surface area contributed by atoms with Gasteiger partial charge in [-0.05, 0) is 36.2 Å². The van der Waals surface area contributed by atoms with Crippen LogP contribution in [0.4, 0.5) is 22.0 Å². The highest BCUT2D eigenvalue weighted by molar-refractivity contribution is 5.83. The molecular formula is C20H17F5O. The molecule has 0 heterocycles. The Balaban J connectivity index is 2.17. The quantitative estimate of drug-likeness (QED) is 0.388. The Kier molecular flexibility index (Phi) is 6.55. The van der Waals surface area contributed by atoms with Crippen molar-refractivity contribution in [1.29, 1.82) is 0 Å². The maximum absolute atomic E-state index is 14.3. The lowest BCUT2D eigenvalue weighted by atomic mass is 10.1. The molecule has 0 aliphatic rings. The van der Waals surface area contributed by atoms with Crippen LogP contribution in [0.1, 0.15) is 36.5 Å². The Morgan fingerprint density at radius 3 is 1.85 bits per heavy atom. The Labute approximate surface area is 148 Å². The normalized spacial score (nSPS) is 13.0. The van der Waals surface area contributed by atoms with Gasteiger partial charge in [0.25, 0.3) is 0 Å². The van der Waals surface area contributed by atoms with Gasteiger partial charge in [0, 0.05) is 11.1 Å². The first-order valence-electron chi connectivity index (χ1n) is 7.98. The summed E-state index contributed by atoms with van der Waals surface area (Å²) in [6.07, 6.45) is 0.994. The molecule has 1 nitrogen and oxygen atoms in total. The van der Waals surface area contributed by atoms with Crippen molar-refractivity contribution in [3.63, 3.8) is 0 Å². The second kappa shape index (κ2) is 8.65. The van der Waals surface area contributed by atoms with E-state index in [1.807, 2.05) is 12.2 Å². The third kappa shape index (κ3) is 5.72. The largest absolute Gasteiger partial charge is 0.573 e. The van der Waals surface area contributed by atoms with Gasteiger partial charge < -0.3 is 4.74 Å². The first-order valence-corrected chi connectivity index (χ1v) is 7.98. The van der Waals surface area contributed by atoms with Gasteiger partial charge in [-0.2, -0.15) is 0 Å². The molecule has 0 unspecified atom stereocenters. The molecule has 0 N–H and O–H groups in total. The van der Waals surface area contributed by atoms with Crippen LogP contribution in [0.25, 0.3) is 17.7 Å². The fourth-order valence-electron chi connectivity index (χ4n) is 2.18. The second-order valence-corrected chi connectivity index (χ2v) is 5.51. The summed E-state index contributed by atoms with van der Waals surface area (Å²) in [6, 6.07) is 10.1. The van der Waals surface area contributed by atoms with E-state index in [0.29, 0.717) is 0 Å². The summed E-state index contributed by atoms with van der Waals surface area (Å²) in [5.41, 5.74) is 0.735. The number of hydrogen-bond acceptors (Lipinski definition) is 1. The number of alkyl halides is 3. The zero-order valence-electron chi connectivity index (χ0n) is 14.0. The predicted octanol–water partition coefficient (Wildman–Crippen LogP) is 7.16. The van der Waals surface area contributed by atoms with Gasteiger partial charge >= 0.3 is 6.36 Å². The van der Waals surface area contributed by atoms with Gasteiger partial charge in [0.15, 0.2) is 11.7 Å². The topological polar surface area (TPSA) is 9.23 Å². The van der Waals surface area contributed by atoms with Crippen LogP contribution in [-0.4, -0.2) is 6.36 Å². The van der Waals surface area contributed by atoms with Crippen molar-refractivity contribution >= 4 is 17.7 Å². The molecule has 0 aliphatic carbocycles. The molecule has 0 radical (unpaired) electrons. The molecule has 0 bridgehead atoms. The number of halogens is 5. The molecule has 2 rings (SSSR count). The standard InChI is InChI=1S/C20H17F5O/c1-2-3-4-5-14-6-8-15(9-7-14)18(21)19(22)16-10-12-17(13-11-16)26-20(23,24)25/h4-13H,2-3H2,1H3/b5-4+,19-18-. The van der Waals surface area contributed by atoms with Crippen LogP contribution in [0.5, 0.6) is 5.75 Å². The summed E-state index contributed by atoms with van der Waals surface area (Å²) < 4.78 is 68.6. The lowest BCUT2D eigenvalue weighted by Gasteiger charge is -2.09. The van der Waals surface area contributed by atoms with Crippen molar-refractivity contribution in [3.05, 3.63) is 71.3 Å². The summed E-state index contributed by atoms with van der Waals surface area (Å²) in [6.45, 7) is 2.05. The Morgan fingerprint density at radius 2 is 1.38 bits per heavy atom. The number of ether oxygens (including phenoxy) is 1. The second-order valence-electron chi connectivity index (χ2n) is 5.51. The Morgan fingerprint density at radius 1 is 0.885 bits per heavy atom.